The lowest BCUT2D eigenvalue weighted by molar-refractivity contribution is 1.30. The molecule has 0 aliphatic carbocycles. The van der Waals surface area contributed by atoms with E-state index in [1.165, 1.54) is 0 Å². The van der Waals surface area contributed by atoms with Crippen LogP contribution in [0.4, 0.5) is 0 Å². The number of H-pyrrole nitrogens is 2. The van der Waals surface area contributed by atoms with Gasteiger partial charge in [-0.25, -0.2) is 9.97 Å². The van der Waals surface area contributed by atoms with E-state index in [-0.39, 0.29) is 0 Å². The van der Waals surface area contributed by atoms with E-state index in [9.17, 15) is 0 Å². The van der Waals surface area contributed by atoms with Crippen LogP contribution < -0.4 is 0 Å². The molecule has 8 rings (SSSR count). The van der Waals surface area contributed by atoms with Gasteiger partial charge in [0.1, 0.15) is 0 Å². The number of benzene rings is 3. The predicted octanol–water partition coefficient (Wildman–Crippen LogP) is 11.1. The van der Waals surface area contributed by atoms with Gasteiger partial charge in [-0.2, -0.15) is 0 Å². The quantitative estimate of drug-likeness (QED) is 0.181. The monoisotopic (exact) mass is 690 g/mol. The molecule has 0 radical (unpaired) electrons. The molecule has 3 aromatic heterocycles. The fourth-order valence-corrected chi connectivity index (χ4v) is 6.55. The molecule has 0 saturated heterocycles. The molecule has 3 aromatic carbocycles. The van der Waals surface area contributed by atoms with Crippen molar-refractivity contribution in [3.05, 3.63) is 148 Å². The molecule has 0 saturated carbocycles. The fourth-order valence-electron chi connectivity index (χ4n) is 6.19. The largest absolute Gasteiger partial charge is 0.354 e. The van der Waals surface area contributed by atoms with Crippen LogP contribution in [-0.4, -0.2) is 19.9 Å². The van der Waals surface area contributed by atoms with Crippen LogP contribution in [0.1, 0.15) is 28.3 Å². The van der Waals surface area contributed by atoms with E-state index in [1.807, 2.05) is 22.3 Å². The van der Waals surface area contributed by atoms with Gasteiger partial charge < -0.3 is 9.97 Å². The topological polar surface area (TPSA) is 57.4 Å². The van der Waals surface area contributed by atoms with Crippen LogP contribution in [0.3, 0.4) is 0 Å². The molecule has 2 aliphatic rings. The summed E-state index contributed by atoms with van der Waals surface area (Å²) in [6.07, 6.45) is 10.6. The Morgan fingerprint density at radius 1 is 0.422 bits per heavy atom. The summed E-state index contributed by atoms with van der Waals surface area (Å²) in [5.41, 5.74) is 15.1. The molecule has 5 heteroatoms. The van der Waals surface area contributed by atoms with Crippen LogP contribution in [-0.2, 0) is 0 Å². The number of fused-ring (bicyclic) bond motifs is 8. The van der Waals surface area contributed by atoms with Gasteiger partial charge >= 0.3 is 0 Å². The SMILES string of the molecule is I/C=C/c1c2nc(c(-c3ccccc3)c3ccc([nH]3)c(-c3ccccc3)c3nc(c(-c4ccccc4)c4ccc1[nH]4)C=C3)C=C2. The third kappa shape index (κ3) is 5.05. The smallest absolute Gasteiger partial charge is 0.0737 e. The molecule has 214 valence electrons. The Morgan fingerprint density at radius 3 is 1.20 bits per heavy atom. The van der Waals surface area contributed by atoms with Gasteiger partial charge in [-0.15, -0.1) is 0 Å². The summed E-state index contributed by atoms with van der Waals surface area (Å²) in [5, 5.41) is 0. The minimum Gasteiger partial charge on any atom is -0.354 e. The van der Waals surface area contributed by atoms with Crippen LogP contribution in [0.5, 0.6) is 0 Å². The molecule has 2 N–H and O–H groups in total. The Bertz CT molecular complexity index is 2270. The molecule has 45 heavy (non-hydrogen) atoms. The van der Waals surface area contributed by atoms with Crippen molar-refractivity contribution in [2.75, 3.05) is 0 Å². The molecule has 0 unspecified atom stereocenters. The zero-order valence-corrected chi connectivity index (χ0v) is 26.4. The molecule has 0 fully saturated rings. The number of nitrogens with one attached hydrogen (secondary N) is 2. The first-order valence-corrected chi connectivity index (χ1v) is 16.1. The lowest BCUT2D eigenvalue weighted by Crippen LogP contribution is -1.89. The summed E-state index contributed by atoms with van der Waals surface area (Å²) in [7, 11) is 0. The third-order valence-electron chi connectivity index (χ3n) is 8.21. The second-order valence-electron chi connectivity index (χ2n) is 10.9. The molecular formula is C40H27IN4. The zero-order chi connectivity index (χ0) is 30.2. The Balaban J connectivity index is 1.58. The van der Waals surface area contributed by atoms with Crippen molar-refractivity contribution in [3.63, 3.8) is 0 Å². The van der Waals surface area contributed by atoms with Gasteiger partial charge in [0, 0.05) is 44.3 Å². The molecule has 0 atom stereocenters. The predicted molar refractivity (Wildman–Crippen MR) is 198 cm³/mol. The van der Waals surface area contributed by atoms with Crippen LogP contribution >= 0.6 is 22.6 Å². The van der Waals surface area contributed by atoms with Crippen LogP contribution in [0.2, 0.25) is 0 Å². The van der Waals surface area contributed by atoms with Crippen molar-refractivity contribution in [2.45, 2.75) is 0 Å². The summed E-state index contributed by atoms with van der Waals surface area (Å²) >= 11 is 2.28. The van der Waals surface area contributed by atoms with Gasteiger partial charge in [-0.05, 0) is 75.4 Å². The van der Waals surface area contributed by atoms with Crippen molar-refractivity contribution < 1.29 is 0 Å². The molecule has 5 heterocycles. The molecule has 8 bridgehead atoms. The van der Waals surface area contributed by atoms with Gasteiger partial charge in [0.15, 0.2) is 0 Å². The van der Waals surface area contributed by atoms with E-state index in [1.54, 1.807) is 0 Å². The van der Waals surface area contributed by atoms with E-state index in [4.69, 9.17) is 9.97 Å². The maximum absolute atomic E-state index is 5.31. The highest BCUT2D eigenvalue weighted by Gasteiger charge is 2.17. The Hall–Kier alpha value is -5.27. The second kappa shape index (κ2) is 11.7. The van der Waals surface area contributed by atoms with Crippen molar-refractivity contribution in [1.82, 2.24) is 19.9 Å². The third-order valence-corrected chi connectivity index (χ3v) is 8.57. The van der Waals surface area contributed by atoms with Gasteiger partial charge in [0.2, 0.25) is 0 Å². The van der Waals surface area contributed by atoms with Gasteiger partial charge in [0.05, 0.1) is 22.8 Å². The Labute approximate surface area is 274 Å². The maximum atomic E-state index is 5.31. The van der Waals surface area contributed by atoms with Gasteiger partial charge in [-0.3, -0.25) is 0 Å². The number of nitrogens with zero attached hydrogens (tertiary/aromatic N) is 2. The highest BCUT2D eigenvalue weighted by Crippen LogP contribution is 2.36. The fraction of sp³-hybridized carbons (Fsp3) is 0. The van der Waals surface area contributed by atoms with Crippen molar-refractivity contribution in [3.8, 4) is 33.4 Å². The van der Waals surface area contributed by atoms with E-state index in [0.29, 0.717) is 0 Å². The molecule has 0 spiro atoms. The van der Waals surface area contributed by atoms with Gasteiger partial charge in [0.25, 0.3) is 0 Å². The highest BCUT2D eigenvalue weighted by molar-refractivity contribution is 14.1. The molecule has 0 amide bonds. The standard InChI is InChI=1S/C40H27IN4/c41-25-24-29-30-16-18-32(42-30)38(26-10-4-1-5-11-26)34-20-22-36(44-34)40(28-14-8-3-9-15-28)37-23-21-35(45-37)39(27-12-6-2-7-13-27)33-19-17-31(29)43-33/h1-25,42,45H/b25-24+,30-29?,31-29?,38-32?,38-34?,39-33?,39-35?,40-36?,40-37?. The number of aromatic amines is 2. The first kappa shape index (κ1) is 27.3. The van der Waals surface area contributed by atoms with Crippen molar-refractivity contribution in [2.24, 2.45) is 0 Å². The first-order valence-electron chi connectivity index (χ1n) is 14.9. The number of hydrogen-bond donors (Lipinski definition) is 2. The minimum atomic E-state index is 0.908. The minimum absolute atomic E-state index is 0.908. The molecule has 2 aliphatic heterocycles. The summed E-state index contributed by atoms with van der Waals surface area (Å²) in [5.74, 6) is 0. The molecule has 6 aromatic rings. The Morgan fingerprint density at radius 2 is 0.778 bits per heavy atom. The maximum Gasteiger partial charge on any atom is 0.0737 e. The number of aromatic nitrogens is 4. The summed E-state index contributed by atoms with van der Waals surface area (Å²) in [4.78, 5) is 18.1. The summed E-state index contributed by atoms with van der Waals surface area (Å²) in [6.45, 7) is 0. The van der Waals surface area contributed by atoms with E-state index < -0.39 is 0 Å². The van der Waals surface area contributed by atoms with Crippen molar-refractivity contribution >= 4 is 75.0 Å². The summed E-state index contributed by atoms with van der Waals surface area (Å²) < 4.78 is 2.03. The molecular weight excluding hydrogens is 663 g/mol. The van der Waals surface area contributed by atoms with E-state index in [0.717, 1.165) is 83.8 Å². The summed E-state index contributed by atoms with van der Waals surface area (Å²) in [6, 6.07) is 40.0. The van der Waals surface area contributed by atoms with E-state index in [2.05, 4.69) is 160 Å². The Kier molecular flexibility index (Phi) is 7.08. The van der Waals surface area contributed by atoms with Crippen molar-refractivity contribution in [1.29, 1.82) is 0 Å². The van der Waals surface area contributed by atoms with Crippen LogP contribution in [0.25, 0.3) is 85.8 Å². The van der Waals surface area contributed by atoms with Gasteiger partial charge in [-0.1, -0.05) is 114 Å². The first-order chi connectivity index (χ1) is 22.3. The lowest BCUT2D eigenvalue weighted by Gasteiger charge is -2.06. The average molecular weight is 691 g/mol. The zero-order valence-electron chi connectivity index (χ0n) is 24.2. The van der Waals surface area contributed by atoms with Crippen LogP contribution in [0.15, 0.2) is 119 Å². The van der Waals surface area contributed by atoms with Crippen LogP contribution in [0, 0.1) is 0 Å². The highest BCUT2D eigenvalue weighted by atomic mass is 127. The van der Waals surface area contributed by atoms with E-state index >= 15 is 0 Å². The number of rotatable bonds is 4. The number of hydrogen-bond acceptors (Lipinski definition) is 2. The molecule has 4 nitrogen and oxygen atoms in total. The normalized spacial score (nSPS) is 12.3. The second-order valence-corrected chi connectivity index (χ2v) is 11.7. The lowest BCUT2D eigenvalue weighted by atomic mass is 10.0. The number of halogens is 1. The average Bonchev–Trinajstić information content (AvgIpc) is 3.92.